The summed E-state index contributed by atoms with van der Waals surface area (Å²) in [6, 6.07) is 6.03. The van der Waals surface area contributed by atoms with Crippen molar-refractivity contribution in [2.45, 2.75) is 56.4 Å². The van der Waals surface area contributed by atoms with Crippen LogP contribution in [-0.4, -0.2) is 94.3 Å². The third-order valence-corrected chi connectivity index (χ3v) is 7.29. The highest BCUT2D eigenvalue weighted by Crippen LogP contribution is 2.47. The molecule has 0 bridgehead atoms. The zero-order valence-electron chi connectivity index (χ0n) is 20.8. The second kappa shape index (κ2) is 11.8. The van der Waals surface area contributed by atoms with Crippen LogP contribution in [-0.2, 0) is 33.3 Å². The van der Waals surface area contributed by atoms with Gasteiger partial charge in [-0.25, -0.2) is 9.59 Å². The Morgan fingerprint density at radius 3 is 2.47 bits per heavy atom. The van der Waals surface area contributed by atoms with E-state index >= 15 is 0 Å². The van der Waals surface area contributed by atoms with E-state index in [1.807, 2.05) is 0 Å². The van der Waals surface area contributed by atoms with Crippen molar-refractivity contribution >= 4 is 18.0 Å². The number of benzene rings is 1. The van der Waals surface area contributed by atoms with E-state index in [9.17, 15) is 35.1 Å². The fourth-order valence-corrected chi connectivity index (χ4v) is 5.13. The molecule has 208 valence electrons. The van der Waals surface area contributed by atoms with Gasteiger partial charge in [-0.3, -0.25) is 0 Å². The van der Waals surface area contributed by atoms with Gasteiger partial charge in [-0.05, 0) is 36.1 Å². The van der Waals surface area contributed by atoms with Crippen LogP contribution in [0.25, 0.3) is 6.08 Å². The number of carbonyl (C=O) groups is 2. The number of methoxy groups -OCH3 is 1. The van der Waals surface area contributed by atoms with E-state index in [2.05, 4.69) is 0 Å². The minimum absolute atomic E-state index is 0.0597. The fraction of sp³-hybridized carbons (Fsp3) is 0.538. The predicted molar refractivity (Wildman–Crippen MR) is 128 cm³/mol. The van der Waals surface area contributed by atoms with Gasteiger partial charge in [0.25, 0.3) is 0 Å². The first-order chi connectivity index (χ1) is 18.1. The van der Waals surface area contributed by atoms with E-state index in [-0.39, 0.29) is 23.7 Å². The van der Waals surface area contributed by atoms with Crippen LogP contribution in [0.4, 0.5) is 0 Å². The minimum atomic E-state index is -1.68. The van der Waals surface area contributed by atoms with Crippen molar-refractivity contribution in [2.75, 3.05) is 13.7 Å². The van der Waals surface area contributed by atoms with Crippen molar-refractivity contribution in [2.24, 2.45) is 17.8 Å². The summed E-state index contributed by atoms with van der Waals surface area (Å²) in [4.78, 5) is 24.8. The molecule has 38 heavy (non-hydrogen) atoms. The molecule has 2 heterocycles. The summed E-state index contributed by atoms with van der Waals surface area (Å²) in [6.45, 7) is 1.12. The van der Waals surface area contributed by atoms with Crippen LogP contribution in [0.2, 0.25) is 0 Å². The van der Waals surface area contributed by atoms with Gasteiger partial charge < -0.3 is 49.2 Å². The van der Waals surface area contributed by atoms with E-state index in [0.29, 0.717) is 5.56 Å². The number of phenolic OH excluding ortho intramolecular Hbond substituents is 1. The summed E-state index contributed by atoms with van der Waals surface area (Å²) in [7, 11) is 1.24. The molecule has 0 amide bonds. The van der Waals surface area contributed by atoms with E-state index in [1.54, 1.807) is 19.1 Å². The van der Waals surface area contributed by atoms with Crippen LogP contribution in [0.1, 0.15) is 18.9 Å². The zero-order chi connectivity index (χ0) is 27.6. The van der Waals surface area contributed by atoms with Crippen LogP contribution < -0.4 is 0 Å². The van der Waals surface area contributed by atoms with E-state index < -0.39 is 73.5 Å². The molecule has 4 rings (SSSR count). The van der Waals surface area contributed by atoms with Gasteiger partial charge in [-0.15, -0.1) is 0 Å². The summed E-state index contributed by atoms with van der Waals surface area (Å²) in [6.07, 6.45) is -5.35. The molecule has 2 fully saturated rings. The smallest absolute Gasteiger partial charge is 0.337 e. The van der Waals surface area contributed by atoms with E-state index in [0.717, 1.165) is 6.08 Å². The summed E-state index contributed by atoms with van der Waals surface area (Å²) in [5.41, 5.74) is 0.841. The Hall–Kier alpha value is -3.00. The lowest BCUT2D eigenvalue weighted by Crippen LogP contribution is -2.61. The highest BCUT2D eigenvalue weighted by Gasteiger charge is 2.54. The summed E-state index contributed by atoms with van der Waals surface area (Å²) < 4.78 is 27.6. The molecular formula is C26H32O12. The Morgan fingerprint density at radius 2 is 1.82 bits per heavy atom. The Balaban J connectivity index is 1.54. The first-order valence-electron chi connectivity index (χ1n) is 12.2. The number of aromatic hydroxyl groups is 1. The number of hydrogen-bond donors (Lipinski definition) is 5. The maximum absolute atomic E-state index is 12.6. The quantitative estimate of drug-likeness (QED) is 0.229. The SMILES string of the molecule is COC(=O)C1=CO[C@@H](OC2O[C@@H](CO)[C@H](O)[C@@H](O)[C@@H]2OC(=O)/C=C/c2ccc(O)cc2)[C@@H]2[C@@H](C)[C@@H](O)C[C@H]12. The second-order valence-corrected chi connectivity index (χ2v) is 9.58. The lowest BCUT2D eigenvalue weighted by Gasteiger charge is -2.44. The first-order valence-corrected chi connectivity index (χ1v) is 12.2. The van der Waals surface area contributed by atoms with Crippen LogP contribution in [0, 0.1) is 17.8 Å². The lowest BCUT2D eigenvalue weighted by molar-refractivity contribution is -0.343. The minimum Gasteiger partial charge on any atom is -0.508 e. The van der Waals surface area contributed by atoms with Crippen LogP contribution in [0.3, 0.4) is 0 Å². The number of aliphatic hydroxyl groups excluding tert-OH is 4. The summed E-state index contributed by atoms with van der Waals surface area (Å²) >= 11 is 0. The average Bonchev–Trinajstić information content (AvgIpc) is 3.21. The van der Waals surface area contributed by atoms with E-state index in [4.69, 9.17) is 23.7 Å². The number of hydrogen-bond acceptors (Lipinski definition) is 12. The maximum atomic E-state index is 12.6. The van der Waals surface area contributed by atoms with Gasteiger partial charge >= 0.3 is 11.9 Å². The molecule has 0 aromatic heterocycles. The number of aliphatic hydroxyl groups is 4. The molecule has 0 radical (unpaired) electrons. The van der Waals surface area contributed by atoms with Gasteiger partial charge in [0, 0.05) is 17.9 Å². The lowest BCUT2D eigenvalue weighted by atomic mass is 9.83. The number of fused-ring (bicyclic) bond motifs is 1. The number of rotatable bonds is 7. The van der Waals surface area contributed by atoms with Crippen molar-refractivity contribution in [1.29, 1.82) is 0 Å². The Bertz CT molecular complexity index is 1050. The molecule has 1 unspecified atom stereocenters. The Morgan fingerprint density at radius 1 is 1.11 bits per heavy atom. The normalized spacial score (nSPS) is 36.7. The maximum Gasteiger partial charge on any atom is 0.337 e. The summed E-state index contributed by atoms with van der Waals surface area (Å²) in [5, 5.41) is 50.6. The van der Waals surface area contributed by atoms with Gasteiger partial charge in [0.1, 0.15) is 24.1 Å². The molecule has 1 aliphatic carbocycles. The molecule has 1 saturated heterocycles. The zero-order valence-corrected chi connectivity index (χ0v) is 20.8. The molecule has 1 aromatic rings. The average molecular weight is 537 g/mol. The molecule has 12 nitrogen and oxygen atoms in total. The largest absolute Gasteiger partial charge is 0.508 e. The number of carbonyl (C=O) groups excluding carboxylic acids is 2. The first kappa shape index (κ1) is 28.0. The second-order valence-electron chi connectivity index (χ2n) is 9.58. The molecule has 0 spiro atoms. The molecule has 5 N–H and O–H groups in total. The standard InChI is InChI=1S/C26H32O12/c1-12-17(29)9-15-16(24(33)34-2)11-35-25(20(12)15)38-26-23(22(32)21(31)18(10-27)36-26)37-19(30)8-5-13-3-6-14(28)7-4-13/h3-8,11-12,15,17-18,20-23,25-29,31-32H,9-10H2,1-2H3/b8-5+/t12-,15+,17-,18-,20+,21-,22+,23-,25-,26?/m0/s1. The van der Waals surface area contributed by atoms with Gasteiger partial charge in [-0.2, -0.15) is 0 Å². The molecule has 2 aliphatic heterocycles. The van der Waals surface area contributed by atoms with Crippen molar-refractivity contribution < 1.29 is 58.8 Å². The van der Waals surface area contributed by atoms with Crippen LogP contribution in [0.5, 0.6) is 5.75 Å². The monoisotopic (exact) mass is 536 g/mol. The molecule has 3 aliphatic rings. The summed E-state index contributed by atoms with van der Waals surface area (Å²) in [5.74, 6) is -2.75. The predicted octanol–water partition coefficient (Wildman–Crippen LogP) is -0.181. The fourth-order valence-electron chi connectivity index (χ4n) is 5.13. The van der Waals surface area contributed by atoms with E-state index in [1.165, 1.54) is 31.6 Å². The Labute approximate surface area is 218 Å². The van der Waals surface area contributed by atoms with Crippen molar-refractivity contribution in [1.82, 2.24) is 0 Å². The molecule has 12 heteroatoms. The van der Waals surface area contributed by atoms with Gasteiger partial charge in [0.2, 0.25) is 12.6 Å². The highest BCUT2D eigenvalue weighted by atomic mass is 16.8. The van der Waals surface area contributed by atoms with Crippen molar-refractivity contribution in [3.05, 3.63) is 47.7 Å². The molecule has 10 atom stereocenters. The molecular weight excluding hydrogens is 504 g/mol. The van der Waals surface area contributed by atoms with Crippen LogP contribution >= 0.6 is 0 Å². The number of esters is 2. The third kappa shape index (κ3) is 5.70. The van der Waals surface area contributed by atoms with Crippen molar-refractivity contribution in [3.63, 3.8) is 0 Å². The van der Waals surface area contributed by atoms with Crippen molar-refractivity contribution in [3.8, 4) is 5.75 Å². The topological polar surface area (TPSA) is 181 Å². The highest BCUT2D eigenvalue weighted by molar-refractivity contribution is 5.89. The van der Waals surface area contributed by atoms with Gasteiger partial charge in [0.15, 0.2) is 6.10 Å². The third-order valence-electron chi connectivity index (χ3n) is 7.29. The van der Waals surface area contributed by atoms with Crippen LogP contribution in [0.15, 0.2) is 42.2 Å². The molecule has 1 saturated carbocycles. The number of ether oxygens (including phenoxy) is 5. The van der Waals surface area contributed by atoms with Gasteiger partial charge in [-0.1, -0.05) is 19.1 Å². The van der Waals surface area contributed by atoms with Gasteiger partial charge in [0.05, 0.1) is 31.7 Å². The molecule has 1 aromatic carbocycles. The number of phenols is 1. The Kier molecular flexibility index (Phi) is 8.71.